The lowest BCUT2D eigenvalue weighted by molar-refractivity contribution is 0.598. The molecule has 0 aliphatic carbocycles. The van der Waals surface area contributed by atoms with Crippen LogP contribution in [0.1, 0.15) is 5.01 Å². The van der Waals surface area contributed by atoms with Crippen molar-refractivity contribution in [3.63, 3.8) is 0 Å². The van der Waals surface area contributed by atoms with Crippen molar-refractivity contribution in [3.8, 4) is 21.7 Å². The summed E-state index contributed by atoms with van der Waals surface area (Å²) in [4.78, 5) is 5.48. The molecule has 1 heterocycles. The first-order valence-corrected chi connectivity index (χ1v) is 9.07. The largest absolute Gasteiger partial charge is 0.241 e. The Morgan fingerprint density at radius 1 is 1.00 bits per heavy atom. The lowest BCUT2D eigenvalue weighted by Gasteiger charge is -2.04. The number of hydrogen-bond donors (Lipinski definition) is 1. The van der Waals surface area contributed by atoms with Gasteiger partial charge in [-0.3, -0.25) is 0 Å². The van der Waals surface area contributed by atoms with Crippen molar-refractivity contribution in [3.05, 3.63) is 59.4 Å². The predicted octanol–water partition coefficient (Wildman–Crippen LogP) is 3.57. The Morgan fingerprint density at radius 2 is 1.57 bits per heavy atom. The first-order chi connectivity index (χ1) is 10.8. The lowest BCUT2D eigenvalue weighted by atomic mass is 10.1. The van der Waals surface area contributed by atoms with E-state index in [0.29, 0.717) is 0 Å². The number of primary sulfonamides is 1. The van der Waals surface area contributed by atoms with Crippen molar-refractivity contribution in [2.45, 2.75) is 11.8 Å². The summed E-state index contributed by atoms with van der Waals surface area (Å²) in [5.41, 5.74) is 2.38. The predicted molar refractivity (Wildman–Crippen MR) is 89.1 cm³/mol. The van der Waals surface area contributed by atoms with E-state index in [1.807, 2.05) is 6.92 Å². The molecule has 3 rings (SSSR count). The van der Waals surface area contributed by atoms with Crippen LogP contribution in [0.2, 0.25) is 0 Å². The smallest absolute Gasteiger partial charge is 0.238 e. The number of benzene rings is 2. The third-order valence-electron chi connectivity index (χ3n) is 3.30. The molecule has 0 atom stereocenters. The Balaban J connectivity index is 2.09. The minimum atomic E-state index is -3.72. The van der Waals surface area contributed by atoms with Crippen LogP contribution in [0.5, 0.6) is 0 Å². The zero-order chi connectivity index (χ0) is 16.6. The van der Waals surface area contributed by atoms with Gasteiger partial charge in [0, 0.05) is 5.56 Å². The maximum atomic E-state index is 13.1. The van der Waals surface area contributed by atoms with Gasteiger partial charge in [-0.25, -0.2) is 22.9 Å². The van der Waals surface area contributed by atoms with Gasteiger partial charge in [0.05, 0.1) is 20.5 Å². The van der Waals surface area contributed by atoms with E-state index in [-0.39, 0.29) is 10.7 Å². The van der Waals surface area contributed by atoms with Crippen LogP contribution in [0, 0.1) is 12.7 Å². The fourth-order valence-electron chi connectivity index (χ4n) is 2.22. The van der Waals surface area contributed by atoms with Gasteiger partial charge in [-0.2, -0.15) is 0 Å². The SMILES string of the molecule is Cc1nc(-c2ccc(S(N)(=O)=O)cc2)c(-c2ccc(F)cc2)s1. The van der Waals surface area contributed by atoms with Crippen LogP contribution in [-0.4, -0.2) is 13.4 Å². The van der Waals surface area contributed by atoms with Gasteiger partial charge in [-0.1, -0.05) is 24.3 Å². The van der Waals surface area contributed by atoms with Crippen LogP contribution >= 0.6 is 11.3 Å². The number of thiazole rings is 1. The fraction of sp³-hybridized carbons (Fsp3) is 0.0625. The van der Waals surface area contributed by atoms with Gasteiger partial charge >= 0.3 is 0 Å². The Morgan fingerprint density at radius 3 is 2.13 bits per heavy atom. The van der Waals surface area contributed by atoms with E-state index >= 15 is 0 Å². The van der Waals surface area contributed by atoms with Crippen LogP contribution in [0.4, 0.5) is 4.39 Å². The van der Waals surface area contributed by atoms with Crippen molar-refractivity contribution in [2.75, 3.05) is 0 Å². The van der Waals surface area contributed by atoms with Crippen molar-refractivity contribution >= 4 is 21.4 Å². The number of nitrogens with two attached hydrogens (primary N) is 1. The molecule has 23 heavy (non-hydrogen) atoms. The van der Waals surface area contributed by atoms with E-state index in [2.05, 4.69) is 4.98 Å². The summed E-state index contributed by atoms with van der Waals surface area (Å²) in [5.74, 6) is -0.297. The molecule has 0 fully saturated rings. The highest BCUT2D eigenvalue weighted by molar-refractivity contribution is 7.89. The Kier molecular flexibility index (Phi) is 4.01. The molecule has 1 aromatic heterocycles. The normalized spacial score (nSPS) is 11.6. The van der Waals surface area contributed by atoms with Gasteiger partial charge in [-0.05, 0) is 36.8 Å². The molecule has 4 nitrogen and oxygen atoms in total. The number of aromatic nitrogens is 1. The van der Waals surface area contributed by atoms with Gasteiger partial charge in [0.1, 0.15) is 5.82 Å². The molecule has 0 radical (unpaired) electrons. The summed E-state index contributed by atoms with van der Waals surface area (Å²) in [6.07, 6.45) is 0. The van der Waals surface area contributed by atoms with Crippen molar-refractivity contribution < 1.29 is 12.8 Å². The van der Waals surface area contributed by atoms with Crippen molar-refractivity contribution in [2.24, 2.45) is 5.14 Å². The second-order valence-corrected chi connectivity index (χ2v) is 7.75. The maximum absolute atomic E-state index is 13.1. The number of nitrogens with zero attached hydrogens (tertiary/aromatic N) is 1. The zero-order valence-corrected chi connectivity index (χ0v) is 13.8. The molecule has 0 bridgehead atoms. The van der Waals surface area contributed by atoms with E-state index in [1.54, 1.807) is 24.3 Å². The first kappa shape index (κ1) is 15.8. The molecule has 0 aliphatic rings. The van der Waals surface area contributed by atoms with Crippen LogP contribution < -0.4 is 5.14 Å². The molecule has 0 aliphatic heterocycles. The van der Waals surface area contributed by atoms with E-state index in [9.17, 15) is 12.8 Å². The van der Waals surface area contributed by atoms with Crippen LogP contribution in [0.3, 0.4) is 0 Å². The highest BCUT2D eigenvalue weighted by atomic mass is 32.2. The standard InChI is InChI=1S/C16H13FN2O2S2/c1-10-19-15(11-4-8-14(9-5-11)23(18,20)21)16(22-10)12-2-6-13(17)7-3-12/h2-9H,1H3,(H2,18,20,21). The maximum Gasteiger partial charge on any atom is 0.238 e. The summed E-state index contributed by atoms with van der Waals surface area (Å²) in [5, 5.41) is 5.98. The monoisotopic (exact) mass is 348 g/mol. The molecule has 0 saturated heterocycles. The van der Waals surface area contributed by atoms with Crippen molar-refractivity contribution in [1.29, 1.82) is 0 Å². The highest BCUT2D eigenvalue weighted by Gasteiger charge is 2.14. The molecule has 0 amide bonds. The van der Waals surface area contributed by atoms with Gasteiger partial charge in [0.2, 0.25) is 10.0 Å². The first-order valence-electron chi connectivity index (χ1n) is 6.71. The average Bonchev–Trinajstić information content (AvgIpc) is 2.89. The van der Waals surface area contributed by atoms with E-state index in [1.165, 1.54) is 35.6 Å². The third kappa shape index (κ3) is 3.31. The van der Waals surface area contributed by atoms with Crippen LogP contribution in [-0.2, 0) is 10.0 Å². The van der Waals surface area contributed by atoms with Gasteiger partial charge in [0.25, 0.3) is 0 Å². The van der Waals surface area contributed by atoms with Gasteiger partial charge < -0.3 is 0 Å². The van der Waals surface area contributed by atoms with Crippen LogP contribution in [0.25, 0.3) is 21.7 Å². The minimum absolute atomic E-state index is 0.0523. The molecule has 2 aromatic carbocycles. The number of aryl methyl sites for hydroxylation is 1. The third-order valence-corrected chi connectivity index (χ3v) is 5.25. The Bertz CT molecular complexity index is 947. The molecule has 2 N–H and O–H groups in total. The summed E-state index contributed by atoms with van der Waals surface area (Å²) < 4.78 is 35.8. The lowest BCUT2D eigenvalue weighted by Crippen LogP contribution is -2.11. The summed E-state index contributed by atoms with van der Waals surface area (Å²) in [6.45, 7) is 1.89. The van der Waals surface area contributed by atoms with E-state index in [0.717, 1.165) is 26.7 Å². The minimum Gasteiger partial charge on any atom is -0.241 e. The molecule has 0 unspecified atom stereocenters. The summed E-state index contributed by atoms with van der Waals surface area (Å²) >= 11 is 1.50. The molecule has 118 valence electrons. The zero-order valence-electron chi connectivity index (χ0n) is 12.2. The second kappa shape index (κ2) is 5.84. The van der Waals surface area contributed by atoms with Gasteiger partial charge in [-0.15, -0.1) is 11.3 Å². The highest BCUT2D eigenvalue weighted by Crippen LogP contribution is 2.36. The topological polar surface area (TPSA) is 73.0 Å². The molecule has 3 aromatic rings. The number of halogens is 1. The fourth-order valence-corrected chi connectivity index (χ4v) is 3.68. The average molecular weight is 348 g/mol. The summed E-state index contributed by atoms with van der Waals surface area (Å²) in [7, 11) is -3.72. The molecule has 0 spiro atoms. The number of rotatable bonds is 3. The Hall–Kier alpha value is -2.09. The number of sulfonamides is 1. The van der Waals surface area contributed by atoms with E-state index < -0.39 is 10.0 Å². The van der Waals surface area contributed by atoms with Crippen LogP contribution in [0.15, 0.2) is 53.4 Å². The second-order valence-electron chi connectivity index (χ2n) is 4.99. The van der Waals surface area contributed by atoms with E-state index in [4.69, 9.17) is 5.14 Å². The molecule has 7 heteroatoms. The number of hydrogen-bond acceptors (Lipinski definition) is 4. The Labute approximate surface area is 137 Å². The van der Waals surface area contributed by atoms with Crippen molar-refractivity contribution in [1.82, 2.24) is 4.98 Å². The molecular weight excluding hydrogens is 335 g/mol. The molecular formula is C16H13FN2O2S2. The molecule has 0 saturated carbocycles. The van der Waals surface area contributed by atoms with Gasteiger partial charge in [0.15, 0.2) is 0 Å². The quantitative estimate of drug-likeness (QED) is 0.786. The summed E-state index contributed by atoms with van der Waals surface area (Å²) in [6, 6.07) is 12.4.